The van der Waals surface area contributed by atoms with Gasteiger partial charge in [-0.3, -0.25) is 4.79 Å². The van der Waals surface area contributed by atoms with E-state index in [1.54, 1.807) is 0 Å². The summed E-state index contributed by atoms with van der Waals surface area (Å²) in [6.07, 6.45) is 4.11. The van der Waals surface area contributed by atoms with E-state index in [4.69, 9.17) is 0 Å². The zero-order chi connectivity index (χ0) is 15.4. The molecule has 1 atom stereocenters. The van der Waals surface area contributed by atoms with Crippen molar-refractivity contribution >= 4 is 23.2 Å². The smallest absolute Gasteiger partial charge is 0.326 e. The minimum Gasteiger partial charge on any atom is -0.480 e. The monoisotopic (exact) mass is 306 g/mol. The van der Waals surface area contributed by atoms with Gasteiger partial charge in [0.25, 0.3) is 5.91 Å². The summed E-state index contributed by atoms with van der Waals surface area (Å²) in [5.41, 5.74) is 0.760. The Morgan fingerprint density at radius 3 is 2.57 bits per heavy atom. The summed E-state index contributed by atoms with van der Waals surface area (Å²) in [7, 11) is 0. The number of carbonyl (C=O) groups is 2. The van der Waals surface area contributed by atoms with Crippen LogP contribution in [-0.2, 0) is 4.79 Å². The van der Waals surface area contributed by atoms with Crippen LogP contribution in [0.1, 0.15) is 29.9 Å². The Bertz CT molecular complexity index is 617. The lowest BCUT2D eigenvalue weighted by Gasteiger charge is -2.16. The number of carbonyl (C=O) groups excluding carboxylic acids is 1. The zero-order valence-electron chi connectivity index (χ0n) is 11.9. The molecule has 0 aliphatic carbocycles. The third kappa shape index (κ3) is 3.72. The fraction of sp³-hybridized carbons (Fsp3) is 0.333. The fourth-order valence-corrected chi connectivity index (χ4v) is 2.88. The summed E-state index contributed by atoms with van der Waals surface area (Å²) < 4.78 is 1.84. The van der Waals surface area contributed by atoms with Gasteiger partial charge in [0.15, 0.2) is 0 Å². The van der Waals surface area contributed by atoms with Crippen LogP contribution < -0.4 is 5.32 Å². The molecule has 0 fully saturated rings. The van der Waals surface area contributed by atoms with Crippen LogP contribution in [-0.4, -0.2) is 27.6 Å². The molecule has 0 unspecified atom stereocenters. The average Bonchev–Trinajstić information content (AvgIpc) is 3.07. The minimum atomic E-state index is -1.00. The summed E-state index contributed by atoms with van der Waals surface area (Å²) in [5.74, 6) is -1.16. The highest BCUT2D eigenvalue weighted by Crippen LogP contribution is 2.21. The molecule has 2 N–H and O–H groups in total. The van der Waals surface area contributed by atoms with Crippen LogP contribution in [0, 0.1) is 5.92 Å². The number of aromatic nitrogens is 1. The molecular weight excluding hydrogens is 288 g/mol. The van der Waals surface area contributed by atoms with E-state index in [1.807, 2.05) is 54.4 Å². The maximum absolute atomic E-state index is 12.3. The summed E-state index contributed by atoms with van der Waals surface area (Å²) in [5, 5.41) is 13.6. The van der Waals surface area contributed by atoms with E-state index in [0.29, 0.717) is 11.3 Å². The van der Waals surface area contributed by atoms with E-state index in [9.17, 15) is 14.7 Å². The molecule has 0 aliphatic heterocycles. The predicted molar refractivity (Wildman–Crippen MR) is 82.0 cm³/mol. The van der Waals surface area contributed by atoms with Crippen LogP contribution >= 0.6 is 11.3 Å². The third-order valence-corrected chi connectivity index (χ3v) is 3.95. The summed E-state index contributed by atoms with van der Waals surface area (Å²) in [6.45, 7) is 3.86. The number of nitrogens with one attached hydrogen (secondary N) is 1. The van der Waals surface area contributed by atoms with Crippen LogP contribution in [0.2, 0.25) is 0 Å². The van der Waals surface area contributed by atoms with Crippen molar-refractivity contribution in [1.82, 2.24) is 9.88 Å². The van der Waals surface area contributed by atoms with Gasteiger partial charge in [0.1, 0.15) is 10.9 Å². The molecule has 21 heavy (non-hydrogen) atoms. The van der Waals surface area contributed by atoms with E-state index in [1.165, 1.54) is 11.3 Å². The molecule has 2 aromatic heterocycles. The maximum atomic E-state index is 12.3. The van der Waals surface area contributed by atoms with Crippen LogP contribution in [0.15, 0.2) is 36.0 Å². The first-order valence-corrected chi connectivity index (χ1v) is 7.61. The Labute approximate surface area is 127 Å². The van der Waals surface area contributed by atoms with Gasteiger partial charge in [-0.1, -0.05) is 13.8 Å². The number of hydrogen-bond donors (Lipinski definition) is 2. The second kappa shape index (κ2) is 6.58. The predicted octanol–water partition coefficient (Wildman–Crippen LogP) is 2.77. The topological polar surface area (TPSA) is 71.3 Å². The number of amides is 1. The molecule has 0 aliphatic rings. The van der Waals surface area contributed by atoms with Crippen molar-refractivity contribution in [2.24, 2.45) is 5.92 Å². The highest BCUT2D eigenvalue weighted by atomic mass is 32.1. The lowest BCUT2D eigenvalue weighted by atomic mass is 10.0. The molecule has 6 heteroatoms. The highest BCUT2D eigenvalue weighted by molar-refractivity contribution is 7.12. The Morgan fingerprint density at radius 2 is 2.00 bits per heavy atom. The molecule has 0 spiro atoms. The number of carboxylic acid groups (broad SMARTS) is 1. The average molecular weight is 306 g/mol. The lowest BCUT2D eigenvalue weighted by molar-refractivity contribution is -0.139. The van der Waals surface area contributed by atoms with Crippen molar-refractivity contribution in [3.8, 4) is 5.69 Å². The molecule has 1 amide bonds. The van der Waals surface area contributed by atoms with Crippen LogP contribution in [0.4, 0.5) is 0 Å². The second-order valence-corrected chi connectivity index (χ2v) is 6.14. The molecule has 5 nitrogen and oxygen atoms in total. The molecule has 0 radical (unpaired) electrons. The summed E-state index contributed by atoms with van der Waals surface area (Å²) in [4.78, 5) is 24.1. The Balaban J connectivity index is 2.17. The first-order chi connectivity index (χ1) is 9.99. The molecule has 112 valence electrons. The molecule has 2 aromatic rings. The van der Waals surface area contributed by atoms with Crippen LogP contribution in [0.25, 0.3) is 5.69 Å². The van der Waals surface area contributed by atoms with Gasteiger partial charge in [-0.15, -0.1) is 11.3 Å². The third-order valence-electron chi connectivity index (χ3n) is 3.04. The normalized spacial score (nSPS) is 12.3. The van der Waals surface area contributed by atoms with Gasteiger partial charge in [0.05, 0.1) is 5.69 Å². The fourth-order valence-electron chi connectivity index (χ4n) is 2.09. The highest BCUT2D eigenvalue weighted by Gasteiger charge is 2.23. The zero-order valence-corrected chi connectivity index (χ0v) is 12.8. The second-order valence-electron chi connectivity index (χ2n) is 5.22. The van der Waals surface area contributed by atoms with Crippen LogP contribution in [0.5, 0.6) is 0 Å². The van der Waals surface area contributed by atoms with Gasteiger partial charge >= 0.3 is 5.97 Å². The molecule has 0 saturated carbocycles. The number of hydrogen-bond acceptors (Lipinski definition) is 3. The van der Waals surface area contributed by atoms with Crippen molar-refractivity contribution in [2.75, 3.05) is 0 Å². The standard InChI is InChI=1S/C15H18N2O3S/c1-10(2)9-11(15(19)20)16-14(18)13-12(5-8-21-13)17-6-3-4-7-17/h3-8,10-11H,9H2,1-2H3,(H,16,18)(H,19,20)/t11-/m1/s1. The summed E-state index contributed by atoms with van der Waals surface area (Å²) >= 11 is 1.30. The van der Waals surface area contributed by atoms with Crippen molar-refractivity contribution in [3.05, 3.63) is 40.8 Å². The van der Waals surface area contributed by atoms with Gasteiger partial charge in [-0.2, -0.15) is 0 Å². The van der Waals surface area contributed by atoms with E-state index in [-0.39, 0.29) is 11.8 Å². The first kappa shape index (κ1) is 15.3. The first-order valence-electron chi connectivity index (χ1n) is 6.73. The maximum Gasteiger partial charge on any atom is 0.326 e. The largest absolute Gasteiger partial charge is 0.480 e. The number of thiophene rings is 1. The van der Waals surface area contributed by atoms with Crippen molar-refractivity contribution in [3.63, 3.8) is 0 Å². The number of aliphatic carboxylic acids is 1. The van der Waals surface area contributed by atoms with Gasteiger partial charge in [0.2, 0.25) is 0 Å². The Kier molecular flexibility index (Phi) is 4.80. The van der Waals surface area contributed by atoms with Crippen molar-refractivity contribution in [2.45, 2.75) is 26.3 Å². The van der Waals surface area contributed by atoms with Gasteiger partial charge < -0.3 is 15.0 Å². The Morgan fingerprint density at radius 1 is 1.33 bits per heavy atom. The van der Waals surface area contributed by atoms with E-state index in [2.05, 4.69) is 5.32 Å². The number of carboxylic acids is 1. The molecule has 0 aromatic carbocycles. The molecular formula is C15H18N2O3S. The van der Waals surface area contributed by atoms with Gasteiger partial charge in [-0.25, -0.2) is 4.79 Å². The van der Waals surface area contributed by atoms with E-state index in [0.717, 1.165) is 5.69 Å². The van der Waals surface area contributed by atoms with Crippen LogP contribution in [0.3, 0.4) is 0 Å². The molecule has 2 heterocycles. The van der Waals surface area contributed by atoms with Crippen molar-refractivity contribution < 1.29 is 14.7 Å². The Hall–Kier alpha value is -2.08. The minimum absolute atomic E-state index is 0.193. The van der Waals surface area contributed by atoms with E-state index >= 15 is 0 Å². The lowest BCUT2D eigenvalue weighted by Crippen LogP contribution is -2.41. The molecule has 2 rings (SSSR count). The van der Waals surface area contributed by atoms with Gasteiger partial charge in [-0.05, 0) is 35.9 Å². The van der Waals surface area contributed by atoms with Gasteiger partial charge in [0, 0.05) is 12.4 Å². The molecule has 0 bridgehead atoms. The SMILES string of the molecule is CC(C)C[C@@H](NC(=O)c1sccc1-n1cccc1)C(=O)O. The summed E-state index contributed by atoms with van der Waals surface area (Å²) in [6, 6.07) is 4.73. The van der Waals surface area contributed by atoms with Crippen molar-refractivity contribution in [1.29, 1.82) is 0 Å². The number of nitrogens with zero attached hydrogens (tertiary/aromatic N) is 1. The molecule has 0 saturated heterocycles. The van der Waals surface area contributed by atoms with E-state index < -0.39 is 12.0 Å². The quantitative estimate of drug-likeness (QED) is 0.862. The number of rotatable bonds is 6.